The van der Waals surface area contributed by atoms with Gasteiger partial charge in [-0.2, -0.15) is 0 Å². The van der Waals surface area contributed by atoms with Crippen molar-refractivity contribution in [1.82, 2.24) is 14.8 Å². The van der Waals surface area contributed by atoms with Crippen LogP contribution >= 0.6 is 0 Å². The van der Waals surface area contributed by atoms with Gasteiger partial charge in [-0.25, -0.2) is 0 Å². The van der Waals surface area contributed by atoms with E-state index in [1.807, 2.05) is 37.3 Å². The number of ketones is 2. The van der Waals surface area contributed by atoms with Crippen LogP contribution in [0.1, 0.15) is 50.2 Å². The lowest BCUT2D eigenvalue weighted by Crippen LogP contribution is -2.60. The monoisotopic (exact) mass is 439 g/mol. The zero-order valence-electron chi connectivity index (χ0n) is 19.3. The van der Waals surface area contributed by atoms with Crippen LogP contribution in [0.4, 0.5) is 0 Å². The minimum Gasteiger partial charge on any atom is -0.297 e. The lowest BCUT2D eigenvalue weighted by atomic mass is 9.85. The molecule has 0 saturated carbocycles. The number of carbonyl (C=O) groups is 2. The highest BCUT2D eigenvalue weighted by Crippen LogP contribution is 2.42. The van der Waals surface area contributed by atoms with Gasteiger partial charge < -0.3 is 0 Å². The molecule has 1 aliphatic heterocycles. The number of rotatable bonds is 5. The van der Waals surface area contributed by atoms with E-state index in [2.05, 4.69) is 41.0 Å². The minimum absolute atomic E-state index is 0.143. The molecule has 0 unspecified atom stereocenters. The van der Waals surface area contributed by atoms with Gasteiger partial charge in [0.1, 0.15) is 0 Å². The molecule has 2 aliphatic rings. The van der Waals surface area contributed by atoms with Gasteiger partial charge in [-0.05, 0) is 31.0 Å². The fraction of sp³-hybridized carbons (Fsp3) is 0.321. The number of aromatic nitrogens is 1. The summed E-state index contributed by atoms with van der Waals surface area (Å²) in [5.41, 5.74) is 3.64. The summed E-state index contributed by atoms with van der Waals surface area (Å²) in [6.45, 7) is 7.87. The first-order valence-electron chi connectivity index (χ1n) is 11.7. The number of pyridine rings is 1. The summed E-state index contributed by atoms with van der Waals surface area (Å²) in [7, 11) is 0. The largest absolute Gasteiger partial charge is 0.297 e. The fourth-order valence-corrected chi connectivity index (χ4v) is 5.24. The average molecular weight is 440 g/mol. The number of hydrogen-bond acceptors (Lipinski definition) is 5. The molecule has 0 bridgehead atoms. The molecule has 1 aliphatic carbocycles. The second-order valence-corrected chi connectivity index (χ2v) is 9.03. The summed E-state index contributed by atoms with van der Waals surface area (Å²) in [6.07, 6.45) is 0.753. The first-order chi connectivity index (χ1) is 16.0. The predicted molar refractivity (Wildman–Crippen MR) is 128 cm³/mol. The summed E-state index contributed by atoms with van der Waals surface area (Å²) in [5, 5.41) is 0. The molecule has 1 saturated heterocycles. The summed E-state index contributed by atoms with van der Waals surface area (Å²) in [6, 6.07) is 21.5. The molecular weight excluding hydrogens is 410 g/mol. The van der Waals surface area contributed by atoms with Crippen molar-refractivity contribution < 1.29 is 9.59 Å². The van der Waals surface area contributed by atoms with Crippen LogP contribution in [-0.2, 0) is 18.5 Å². The molecule has 33 heavy (non-hydrogen) atoms. The number of Topliss-reactive ketones (excluding diaryl/α,β-unsaturated/α-hetero) is 2. The Hall–Kier alpha value is -3.15. The molecule has 2 heterocycles. The number of benzene rings is 2. The normalized spacial score (nSPS) is 18.5. The van der Waals surface area contributed by atoms with Gasteiger partial charge in [0.2, 0.25) is 0 Å². The van der Waals surface area contributed by atoms with Crippen LogP contribution in [-0.4, -0.2) is 52.5 Å². The molecule has 3 aromatic rings. The quantitative estimate of drug-likeness (QED) is 0.562. The minimum atomic E-state index is -1.37. The van der Waals surface area contributed by atoms with Crippen molar-refractivity contribution in [3.05, 3.63) is 100 Å². The van der Waals surface area contributed by atoms with Gasteiger partial charge in [0.05, 0.1) is 5.69 Å². The second-order valence-electron chi connectivity index (χ2n) is 9.03. The van der Waals surface area contributed by atoms with Crippen LogP contribution in [0.25, 0.3) is 0 Å². The predicted octanol–water partition coefficient (Wildman–Crippen LogP) is 4.04. The van der Waals surface area contributed by atoms with E-state index < -0.39 is 5.54 Å². The van der Waals surface area contributed by atoms with Crippen molar-refractivity contribution in [3.63, 3.8) is 0 Å². The Labute approximate surface area is 195 Å². The molecule has 1 aromatic heterocycles. The molecule has 0 radical (unpaired) electrons. The summed E-state index contributed by atoms with van der Waals surface area (Å²) in [4.78, 5) is 37.1. The Morgan fingerprint density at radius 1 is 0.848 bits per heavy atom. The van der Waals surface area contributed by atoms with Crippen molar-refractivity contribution in [2.75, 3.05) is 26.2 Å². The van der Waals surface area contributed by atoms with Crippen LogP contribution < -0.4 is 0 Å². The van der Waals surface area contributed by atoms with Gasteiger partial charge in [0, 0.05) is 49.5 Å². The standard InChI is InChI=1S/C28H29N3O2/c1-3-22-10-7-13-25(29-22)28(26(32)23-11-4-5-12-24(23)27(28)33)31-16-14-30(15-17-31)19-21-9-6-8-20(2)18-21/h4-13,18H,3,14-17,19H2,1-2H3. The van der Waals surface area contributed by atoms with Crippen LogP contribution in [0.15, 0.2) is 66.7 Å². The zero-order valence-corrected chi connectivity index (χ0v) is 19.3. The van der Waals surface area contributed by atoms with Crippen LogP contribution in [0.2, 0.25) is 0 Å². The number of fused-ring (bicyclic) bond motifs is 1. The van der Waals surface area contributed by atoms with E-state index in [4.69, 9.17) is 4.98 Å². The van der Waals surface area contributed by atoms with E-state index in [9.17, 15) is 9.59 Å². The Bertz CT molecular complexity index is 1180. The average Bonchev–Trinajstić information content (AvgIpc) is 3.07. The van der Waals surface area contributed by atoms with Crippen molar-refractivity contribution in [3.8, 4) is 0 Å². The highest BCUT2D eigenvalue weighted by Gasteiger charge is 2.59. The van der Waals surface area contributed by atoms with E-state index in [1.54, 1.807) is 12.1 Å². The first-order valence-corrected chi connectivity index (χ1v) is 11.7. The maximum absolute atomic E-state index is 13.9. The molecule has 5 rings (SSSR count). The maximum atomic E-state index is 13.9. The van der Waals surface area contributed by atoms with Crippen molar-refractivity contribution >= 4 is 11.6 Å². The first kappa shape index (κ1) is 21.7. The molecule has 5 heteroatoms. The zero-order chi connectivity index (χ0) is 23.0. The summed E-state index contributed by atoms with van der Waals surface area (Å²) in [5.74, 6) is -0.285. The number of aryl methyl sites for hydroxylation is 2. The lowest BCUT2D eigenvalue weighted by molar-refractivity contribution is 0.0266. The third-order valence-electron chi connectivity index (χ3n) is 6.95. The molecule has 0 amide bonds. The molecule has 0 spiro atoms. The highest BCUT2D eigenvalue weighted by molar-refractivity contribution is 6.32. The second kappa shape index (κ2) is 8.65. The fourth-order valence-electron chi connectivity index (χ4n) is 5.24. The number of nitrogens with zero attached hydrogens (tertiary/aromatic N) is 3. The Morgan fingerprint density at radius 3 is 2.15 bits per heavy atom. The summed E-state index contributed by atoms with van der Waals surface area (Å²) >= 11 is 0. The molecule has 5 nitrogen and oxygen atoms in total. The molecule has 2 aromatic carbocycles. The lowest BCUT2D eigenvalue weighted by Gasteiger charge is -2.43. The van der Waals surface area contributed by atoms with Crippen molar-refractivity contribution in [1.29, 1.82) is 0 Å². The van der Waals surface area contributed by atoms with Crippen LogP contribution in [0, 0.1) is 6.92 Å². The third kappa shape index (κ3) is 3.62. The van der Waals surface area contributed by atoms with E-state index in [-0.39, 0.29) is 11.6 Å². The summed E-state index contributed by atoms with van der Waals surface area (Å²) < 4.78 is 0. The Morgan fingerprint density at radius 2 is 1.52 bits per heavy atom. The maximum Gasteiger partial charge on any atom is 0.198 e. The molecule has 0 N–H and O–H groups in total. The molecular formula is C28H29N3O2. The number of carbonyl (C=O) groups excluding carboxylic acids is 2. The topological polar surface area (TPSA) is 53.5 Å². The Balaban J connectivity index is 1.48. The van der Waals surface area contributed by atoms with Gasteiger partial charge >= 0.3 is 0 Å². The van der Waals surface area contributed by atoms with Crippen LogP contribution in [0.3, 0.4) is 0 Å². The third-order valence-corrected chi connectivity index (χ3v) is 6.95. The smallest absolute Gasteiger partial charge is 0.198 e. The van der Waals surface area contributed by atoms with Gasteiger partial charge in [-0.3, -0.25) is 24.4 Å². The van der Waals surface area contributed by atoms with Crippen molar-refractivity contribution in [2.45, 2.75) is 32.4 Å². The van der Waals surface area contributed by atoms with Crippen LogP contribution in [0.5, 0.6) is 0 Å². The van der Waals surface area contributed by atoms with Gasteiger partial charge in [-0.1, -0.05) is 67.1 Å². The van der Waals surface area contributed by atoms with E-state index in [0.29, 0.717) is 29.9 Å². The van der Waals surface area contributed by atoms with Gasteiger partial charge in [-0.15, -0.1) is 0 Å². The number of piperazine rings is 1. The van der Waals surface area contributed by atoms with E-state index in [0.717, 1.165) is 31.7 Å². The van der Waals surface area contributed by atoms with Crippen molar-refractivity contribution in [2.24, 2.45) is 0 Å². The number of hydrogen-bond donors (Lipinski definition) is 0. The molecule has 1 fully saturated rings. The highest BCUT2D eigenvalue weighted by atomic mass is 16.2. The molecule has 0 atom stereocenters. The molecule has 168 valence electrons. The van der Waals surface area contributed by atoms with E-state index >= 15 is 0 Å². The van der Waals surface area contributed by atoms with Gasteiger partial charge in [0.15, 0.2) is 17.1 Å². The Kier molecular flexibility index (Phi) is 5.69. The van der Waals surface area contributed by atoms with E-state index in [1.165, 1.54) is 11.1 Å². The van der Waals surface area contributed by atoms with Gasteiger partial charge in [0.25, 0.3) is 0 Å². The SMILES string of the molecule is CCc1cccc(C2(N3CCN(Cc4cccc(C)c4)CC3)C(=O)c3ccccc3C2=O)n1.